The standard InChI is InChI=1S/C9H12F2/c1-6(2)5-9(11)7(3)8(4)10/h5H,4H2,1-3H3/b9-7+. The van der Waals surface area contributed by atoms with Crippen LogP contribution in [-0.4, -0.2) is 0 Å². The van der Waals surface area contributed by atoms with E-state index >= 15 is 0 Å². The summed E-state index contributed by atoms with van der Waals surface area (Å²) in [7, 11) is 0. The molecule has 0 atom stereocenters. The summed E-state index contributed by atoms with van der Waals surface area (Å²) >= 11 is 0. The van der Waals surface area contributed by atoms with E-state index in [2.05, 4.69) is 6.58 Å². The van der Waals surface area contributed by atoms with E-state index in [9.17, 15) is 8.78 Å². The summed E-state index contributed by atoms with van der Waals surface area (Å²) < 4.78 is 25.1. The third kappa shape index (κ3) is 3.71. The van der Waals surface area contributed by atoms with Gasteiger partial charge in [-0.1, -0.05) is 12.2 Å². The zero-order valence-electron chi connectivity index (χ0n) is 7.04. The molecule has 0 bridgehead atoms. The van der Waals surface area contributed by atoms with E-state index < -0.39 is 11.7 Å². The van der Waals surface area contributed by atoms with Crippen LogP contribution in [0.15, 0.2) is 35.5 Å². The molecular formula is C9H12F2. The number of halogens is 2. The van der Waals surface area contributed by atoms with Crippen molar-refractivity contribution in [2.45, 2.75) is 20.8 Å². The Morgan fingerprint density at radius 3 is 1.91 bits per heavy atom. The van der Waals surface area contributed by atoms with Crippen molar-refractivity contribution < 1.29 is 8.78 Å². The lowest BCUT2D eigenvalue weighted by molar-refractivity contribution is 0.612. The van der Waals surface area contributed by atoms with Gasteiger partial charge in [-0.25, -0.2) is 8.78 Å². The lowest BCUT2D eigenvalue weighted by atomic mass is 10.2. The first-order valence-electron chi connectivity index (χ1n) is 3.31. The first-order valence-corrected chi connectivity index (χ1v) is 3.31. The molecule has 0 saturated carbocycles. The highest BCUT2D eigenvalue weighted by Gasteiger charge is 2.00. The summed E-state index contributed by atoms with van der Waals surface area (Å²) in [5.41, 5.74) is 0.759. The van der Waals surface area contributed by atoms with Gasteiger partial charge in [-0.05, 0) is 26.8 Å². The number of allylic oxidation sites excluding steroid dienone is 5. The molecule has 0 aliphatic rings. The van der Waals surface area contributed by atoms with E-state index in [1.807, 2.05) is 0 Å². The summed E-state index contributed by atoms with van der Waals surface area (Å²) in [6.07, 6.45) is 1.28. The molecule has 2 heteroatoms. The highest BCUT2D eigenvalue weighted by atomic mass is 19.1. The molecule has 0 N–H and O–H groups in total. The summed E-state index contributed by atoms with van der Waals surface area (Å²) in [6.45, 7) is 7.84. The second kappa shape index (κ2) is 4.06. The maximum atomic E-state index is 12.8. The van der Waals surface area contributed by atoms with Crippen LogP contribution in [0.2, 0.25) is 0 Å². The second-order valence-corrected chi connectivity index (χ2v) is 2.60. The average molecular weight is 158 g/mol. The predicted molar refractivity (Wildman–Crippen MR) is 43.5 cm³/mol. The lowest BCUT2D eigenvalue weighted by Gasteiger charge is -1.96. The quantitative estimate of drug-likeness (QED) is 0.538. The minimum absolute atomic E-state index is 0.0359. The van der Waals surface area contributed by atoms with Crippen molar-refractivity contribution in [3.05, 3.63) is 35.5 Å². The monoisotopic (exact) mass is 158 g/mol. The zero-order valence-corrected chi connectivity index (χ0v) is 7.04. The fraction of sp³-hybridized carbons (Fsp3) is 0.333. The van der Waals surface area contributed by atoms with Crippen LogP contribution in [0.4, 0.5) is 8.78 Å². The summed E-state index contributed by atoms with van der Waals surface area (Å²) in [6, 6.07) is 0. The van der Waals surface area contributed by atoms with Crippen LogP contribution in [0, 0.1) is 0 Å². The molecule has 62 valence electrons. The molecule has 0 heterocycles. The summed E-state index contributed by atoms with van der Waals surface area (Å²) in [5.74, 6) is -1.28. The van der Waals surface area contributed by atoms with Gasteiger partial charge in [-0.15, -0.1) is 0 Å². The van der Waals surface area contributed by atoms with Crippen molar-refractivity contribution in [1.82, 2.24) is 0 Å². The maximum absolute atomic E-state index is 12.8. The molecule has 0 unspecified atom stereocenters. The van der Waals surface area contributed by atoms with Gasteiger partial charge in [-0.2, -0.15) is 0 Å². The minimum atomic E-state index is -0.722. The Labute approximate surface area is 65.9 Å². The fourth-order valence-corrected chi connectivity index (χ4v) is 0.491. The average Bonchev–Trinajstić information content (AvgIpc) is 1.84. The van der Waals surface area contributed by atoms with Crippen LogP contribution in [-0.2, 0) is 0 Å². The van der Waals surface area contributed by atoms with E-state index in [1.165, 1.54) is 13.0 Å². The molecule has 0 aliphatic heterocycles. The Kier molecular flexibility index (Phi) is 3.72. The summed E-state index contributed by atoms with van der Waals surface area (Å²) in [4.78, 5) is 0. The lowest BCUT2D eigenvalue weighted by Crippen LogP contribution is -1.80. The van der Waals surface area contributed by atoms with Crippen molar-refractivity contribution in [2.75, 3.05) is 0 Å². The Morgan fingerprint density at radius 2 is 1.64 bits per heavy atom. The molecule has 0 radical (unpaired) electrons. The van der Waals surface area contributed by atoms with E-state index in [1.54, 1.807) is 13.8 Å². The van der Waals surface area contributed by atoms with E-state index in [0.29, 0.717) is 0 Å². The molecule has 0 saturated heterocycles. The molecule has 0 aromatic carbocycles. The highest BCUT2D eigenvalue weighted by Crippen LogP contribution is 2.16. The summed E-state index contributed by atoms with van der Waals surface area (Å²) in [5, 5.41) is 0. The van der Waals surface area contributed by atoms with Crippen LogP contribution < -0.4 is 0 Å². The Hall–Kier alpha value is -0.920. The molecule has 0 aliphatic carbocycles. The third-order valence-corrected chi connectivity index (χ3v) is 1.18. The van der Waals surface area contributed by atoms with Crippen LogP contribution in [0.5, 0.6) is 0 Å². The molecule has 0 fully saturated rings. The largest absolute Gasteiger partial charge is 0.207 e. The Balaban J connectivity index is 4.68. The number of hydrogen-bond acceptors (Lipinski definition) is 0. The van der Waals surface area contributed by atoms with Gasteiger partial charge in [0, 0.05) is 5.57 Å². The normalized spacial score (nSPS) is 12.1. The maximum Gasteiger partial charge on any atom is 0.128 e. The van der Waals surface area contributed by atoms with Crippen molar-refractivity contribution in [3.63, 3.8) is 0 Å². The van der Waals surface area contributed by atoms with Crippen LogP contribution in [0.1, 0.15) is 20.8 Å². The molecular weight excluding hydrogens is 146 g/mol. The first kappa shape index (κ1) is 10.1. The van der Waals surface area contributed by atoms with E-state index in [4.69, 9.17) is 0 Å². The molecule has 0 aromatic heterocycles. The van der Waals surface area contributed by atoms with Gasteiger partial charge in [0.05, 0.1) is 0 Å². The molecule has 0 aromatic rings. The SMILES string of the molecule is C=C(F)/C(C)=C(/F)C=C(C)C. The van der Waals surface area contributed by atoms with Gasteiger partial charge in [0.15, 0.2) is 0 Å². The molecule has 11 heavy (non-hydrogen) atoms. The number of hydrogen-bond donors (Lipinski definition) is 0. The predicted octanol–water partition coefficient (Wildman–Crippen LogP) is 3.68. The van der Waals surface area contributed by atoms with Crippen LogP contribution in [0.25, 0.3) is 0 Å². The highest BCUT2D eigenvalue weighted by molar-refractivity contribution is 5.30. The Morgan fingerprint density at radius 1 is 1.18 bits per heavy atom. The second-order valence-electron chi connectivity index (χ2n) is 2.60. The van der Waals surface area contributed by atoms with Gasteiger partial charge in [0.25, 0.3) is 0 Å². The molecule has 0 nitrogen and oxygen atoms in total. The van der Waals surface area contributed by atoms with Crippen LogP contribution >= 0.6 is 0 Å². The minimum Gasteiger partial charge on any atom is -0.207 e. The van der Waals surface area contributed by atoms with Crippen molar-refractivity contribution >= 4 is 0 Å². The van der Waals surface area contributed by atoms with Gasteiger partial charge >= 0.3 is 0 Å². The molecule has 0 spiro atoms. The van der Waals surface area contributed by atoms with Gasteiger partial charge in [0.1, 0.15) is 11.7 Å². The molecule has 0 amide bonds. The van der Waals surface area contributed by atoms with Crippen molar-refractivity contribution in [3.8, 4) is 0 Å². The fourth-order valence-electron chi connectivity index (χ4n) is 0.491. The number of rotatable bonds is 2. The zero-order chi connectivity index (χ0) is 9.02. The van der Waals surface area contributed by atoms with E-state index in [-0.39, 0.29) is 5.57 Å². The molecule has 0 rings (SSSR count). The third-order valence-electron chi connectivity index (χ3n) is 1.18. The topological polar surface area (TPSA) is 0 Å². The van der Waals surface area contributed by atoms with Crippen LogP contribution in [0.3, 0.4) is 0 Å². The van der Waals surface area contributed by atoms with Crippen molar-refractivity contribution in [2.24, 2.45) is 0 Å². The van der Waals surface area contributed by atoms with Gasteiger partial charge in [0.2, 0.25) is 0 Å². The first-order chi connectivity index (χ1) is 4.95. The smallest absolute Gasteiger partial charge is 0.128 e. The van der Waals surface area contributed by atoms with Gasteiger partial charge < -0.3 is 0 Å². The Bertz CT molecular complexity index is 218. The van der Waals surface area contributed by atoms with Gasteiger partial charge in [-0.3, -0.25) is 0 Å². The van der Waals surface area contributed by atoms with E-state index in [0.717, 1.165) is 5.57 Å². The van der Waals surface area contributed by atoms with Crippen molar-refractivity contribution in [1.29, 1.82) is 0 Å².